The number of pyridine rings is 1. The van der Waals surface area contributed by atoms with Gasteiger partial charge in [-0.1, -0.05) is 12.1 Å². The number of aromatic nitrogens is 1. The summed E-state index contributed by atoms with van der Waals surface area (Å²) in [7, 11) is -4.71. The highest BCUT2D eigenvalue weighted by Crippen LogP contribution is 2.29. The number of nitrogens with zero attached hydrogens (tertiary/aromatic N) is 1. The monoisotopic (exact) mass is 289 g/mol. The maximum atomic E-state index is 13.0. The highest BCUT2D eigenvalue weighted by atomic mass is 79.9. The Kier molecular flexibility index (Phi) is 2.47. The first-order chi connectivity index (χ1) is 7.00. The third kappa shape index (κ3) is 1.87. The summed E-state index contributed by atoms with van der Waals surface area (Å²) in [4.78, 5) is 3.53. The van der Waals surface area contributed by atoms with Gasteiger partial charge in [-0.25, -0.2) is 0 Å². The summed E-state index contributed by atoms with van der Waals surface area (Å²) >= 11 is 3.15. The molecule has 78 valence electrons. The van der Waals surface area contributed by atoms with Crippen molar-refractivity contribution in [1.29, 1.82) is 0 Å². The third-order valence-electron chi connectivity index (χ3n) is 1.96. The molecular weight excluding hydrogens is 285 g/mol. The molecule has 0 spiro atoms. The second-order valence-electron chi connectivity index (χ2n) is 2.91. The fourth-order valence-corrected chi connectivity index (χ4v) is 2.77. The molecule has 0 aliphatic heterocycles. The lowest BCUT2D eigenvalue weighted by molar-refractivity contribution is 0.553. The Morgan fingerprint density at radius 3 is 2.67 bits per heavy atom. The summed E-state index contributed by atoms with van der Waals surface area (Å²) in [5.41, 5.74) is 0. The van der Waals surface area contributed by atoms with Gasteiger partial charge in [-0.05, 0) is 22.0 Å². The van der Waals surface area contributed by atoms with Crippen molar-refractivity contribution in [2.75, 3.05) is 0 Å². The summed E-state index contributed by atoms with van der Waals surface area (Å²) in [6, 6.07) is 4.37. The van der Waals surface area contributed by atoms with Crippen LogP contribution in [0.2, 0.25) is 0 Å². The van der Waals surface area contributed by atoms with Gasteiger partial charge in [0.1, 0.15) is 4.90 Å². The first kappa shape index (κ1) is 10.5. The standard InChI is InChI=1S/C9H5BrFNO2S/c10-7-5-12-4-6-2-1-3-8(9(6)7)15(11,13)14/h1-5H. The predicted octanol–water partition coefficient (Wildman–Crippen LogP) is 2.66. The maximum absolute atomic E-state index is 13.0. The van der Waals surface area contributed by atoms with E-state index in [2.05, 4.69) is 20.9 Å². The fraction of sp³-hybridized carbons (Fsp3) is 0. The minimum atomic E-state index is -4.71. The number of hydrogen-bond donors (Lipinski definition) is 0. The zero-order chi connectivity index (χ0) is 11.1. The summed E-state index contributed by atoms with van der Waals surface area (Å²) in [6.45, 7) is 0. The number of hydrogen-bond acceptors (Lipinski definition) is 3. The number of benzene rings is 1. The van der Waals surface area contributed by atoms with Crippen molar-refractivity contribution in [2.24, 2.45) is 0 Å². The smallest absolute Gasteiger partial charge is 0.263 e. The molecule has 0 radical (unpaired) electrons. The van der Waals surface area contributed by atoms with Crippen LogP contribution >= 0.6 is 15.9 Å². The van der Waals surface area contributed by atoms with E-state index in [1.165, 1.54) is 24.5 Å². The van der Waals surface area contributed by atoms with Crippen molar-refractivity contribution < 1.29 is 12.3 Å². The van der Waals surface area contributed by atoms with Gasteiger partial charge >= 0.3 is 10.2 Å². The lowest BCUT2D eigenvalue weighted by atomic mass is 10.2. The van der Waals surface area contributed by atoms with E-state index < -0.39 is 10.2 Å². The van der Waals surface area contributed by atoms with Crippen molar-refractivity contribution in [3.05, 3.63) is 35.1 Å². The Labute approximate surface area is 94.3 Å². The number of fused-ring (bicyclic) bond motifs is 1. The zero-order valence-corrected chi connectivity index (χ0v) is 9.72. The van der Waals surface area contributed by atoms with Gasteiger partial charge in [0.25, 0.3) is 0 Å². The minimum absolute atomic E-state index is 0.315. The molecular formula is C9H5BrFNO2S. The average Bonchev–Trinajstić information content (AvgIpc) is 2.16. The highest BCUT2D eigenvalue weighted by Gasteiger charge is 2.17. The van der Waals surface area contributed by atoms with Crippen LogP contribution in [0.15, 0.2) is 40.0 Å². The molecule has 6 heteroatoms. The van der Waals surface area contributed by atoms with Crippen molar-refractivity contribution in [1.82, 2.24) is 4.98 Å². The molecule has 0 atom stereocenters. The van der Waals surface area contributed by atoms with Gasteiger partial charge in [0.05, 0.1) is 0 Å². The molecule has 15 heavy (non-hydrogen) atoms. The van der Waals surface area contributed by atoms with Gasteiger partial charge < -0.3 is 0 Å². The summed E-state index contributed by atoms with van der Waals surface area (Å²) in [5, 5.41) is 0.887. The van der Waals surface area contributed by atoms with E-state index in [0.29, 0.717) is 15.2 Å². The quantitative estimate of drug-likeness (QED) is 0.759. The second kappa shape index (κ2) is 3.53. The average molecular weight is 290 g/mol. The number of halogens is 2. The molecule has 1 aromatic carbocycles. The molecule has 2 rings (SSSR count). The lowest BCUT2D eigenvalue weighted by Gasteiger charge is -2.03. The Morgan fingerprint density at radius 2 is 2.00 bits per heavy atom. The van der Waals surface area contributed by atoms with Gasteiger partial charge in [-0.15, -0.1) is 3.89 Å². The first-order valence-corrected chi connectivity index (χ1v) is 6.15. The van der Waals surface area contributed by atoms with Gasteiger partial charge in [-0.2, -0.15) is 8.42 Å². The minimum Gasteiger partial charge on any atom is -0.263 e. The molecule has 0 aliphatic rings. The Morgan fingerprint density at radius 1 is 1.27 bits per heavy atom. The van der Waals surface area contributed by atoms with Gasteiger partial charge in [0, 0.05) is 27.6 Å². The van der Waals surface area contributed by atoms with E-state index in [9.17, 15) is 12.3 Å². The van der Waals surface area contributed by atoms with Crippen LogP contribution in [0.5, 0.6) is 0 Å². The van der Waals surface area contributed by atoms with Crippen LogP contribution in [0.1, 0.15) is 0 Å². The van der Waals surface area contributed by atoms with Gasteiger partial charge in [-0.3, -0.25) is 4.98 Å². The van der Waals surface area contributed by atoms with E-state index in [4.69, 9.17) is 0 Å². The highest BCUT2D eigenvalue weighted by molar-refractivity contribution is 9.10. The van der Waals surface area contributed by atoms with Crippen molar-refractivity contribution in [3.63, 3.8) is 0 Å². The maximum Gasteiger partial charge on any atom is 0.332 e. The van der Waals surface area contributed by atoms with Crippen molar-refractivity contribution in [3.8, 4) is 0 Å². The van der Waals surface area contributed by atoms with Crippen LogP contribution in [0.3, 0.4) is 0 Å². The summed E-state index contributed by atoms with van der Waals surface area (Å²) in [5.74, 6) is 0. The molecule has 0 N–H and O–H groups in total. The summed E-state index contributed by atoms with van der Waals surface area (Å²) < 4.78 is 35.2. The van der Waals surface area contributed by atoms with E-state index in [0.717, 1.165) is 0 Å². The largest absolute Gasteiger partial charge is 0.332 e. The van der Waals surface area contributed by atoms with Crippen LogP contribution in [0.4, 0.5) is 3.89 Å². The molecule has 0 unspecified atom stereocenters. The molecule has 1 heterocycles. The third-order valence-corrected chi connectivity index (χ3v) is 3.43. The molecule has 0 bridgehead atoms. The normalized spacial score (nSPS) is 11.9. The van der Waals surface area contributed by atoms with Crippen LogP contribution in [-0.4, -0.2) is 13.4 Å². The van der Waals surface area contributed by atoms with Gasteiger partial charge in [0.2, 0.25) is 0 Å². The van der Waals surface area contributed by atoms with Crippen LogP contribution in [-0.2, 0) is 10.2 Å². The predicted molar refractivity (Wildman–Crippen MR) is 57.7 cm³/mol. The van der Waals surface area contributed by atoms with E-state index >= 15 is 0 Å². The van der Waals surface area contributed by atoms with Crippen LogP contribution in [0, 0.1) is 0 Å². The Balaban J connectivity index is 2.99. The van der Waals surface area contributed by atoms with E-state index in [-0.39, 0.29) is 4.90 Å². The SMILES string of the molecule is O=S(=O)(F)c1cccc2cncc(Br)c12. The van der Waals surface area contributed by atoms with E-state index in [1.54, 1.807) is 6.07 Å². The molecule has 0 fully saturated rings. The first-order valence-electron chi connectivity index (χ1n) is 3.97. The molecule has 0 amide bonds. The molecule has 1 aromatic heterocycles. The molecule has 0 saturated carbocycles. The zero-order valence-electron chi connectivity index (χ0n) is 7.31. The van der Waals surface area contributed by atoms with Crippen molar-refractivity contribution in [2.45, 2.75) is 4.90 Å². The number of rotatable bonds is 1. The molecule has 3 nitrogen and oxygen atoms in total. The Hall–Kier alpha value is -1.01. The van der Waals surface area contributed by atoms with Crippen molar-refractivity contribution >= 4 is 36.9 Å². The topological polar surface area (TPSA) is 47.0 Å². The second-order valence-corrected chi connectivity index (χ2v) is 5.08. The van der Waals surface area contributed by atoms with Gasteiger partial charge in [0.15, 0.2) is 0 Å². The molecule has 2 aromatic rings. The summed E-state index contributed by atoms with van der Waals surface area (Å²) in [6.07, 6.45) is 2.91. The van der Waals surface area contributed by atoms with Crippen LogP contribution in [0.25, 0.3) is 10.8 Å². The fourth-order valence-electron chi connectivity index (χ4n) is 1.36. The lowest BCUT2D eigenvalue weighted by Crippen LogP contribution is -1.94. The molecule has 0 aliphatic carbocycles. The Bertz CT molecular complexity index is 622. The van der Waals surface area contributed by atoms with Crippen LogP contribution < -0.4 is 0 Å². The van der Waals surface area contributed by atoms with E-state index in [1.807, 2.05) is 0 Å². The molecule has 0 saturated heterocycles.